The maximum absolute atomic E-state index is 11.8. The Morgan fingerprint density at radius 3 is 2.78 bits per heavy atom. The number of nitrogens with one attached hydrogen (secondary N) is 1. The average molecular weight is 318 g/mol. The Hall–Kier alpha value is -2.31. The molecule has 0 aliphatic heterocycles. The minimum Gasteiger partial charge on any atom is -0.468 e. The zero-order valence-electron chi connectivity index (χ0n) is 13.9. The first-order valence-electron chi connectivity index (χ1n) is 7.74. The number of carbonyl (C=O) groups excluding carboxylic acids is 1. The Morgan fingerprint density at radius 2 is 2.13 bits per heavy atom. The molecule has 0 unspecified atom stereocenters. The molecule has 0 aromatic carbocycles. The van der Waals surface area contributed by atoms with Crippen LogP contribution in [0.1, 0.15) is 39.7 Å². The lowest BCUT2D eigenvalue weighted by Crippen LogP contribution is -2.46. The zero-order chi connectivity index (χ0) is 16.6. The summed E-state index contributed by atoms with van der Waals surface area (Å²) < 4.78 is 12.7. The van der Waals surface area contributed by atoms with Crippen LogP contribution in [0.3, 0.4) is 0 Å². The molecule has 1 N–H and O–H groups in total. The van der Waals surface area contributed by atoms with Crippen molar-refractivity contribution in [2.75, 3.05) is 7.11 Å². The summed E-state index contributed by atoms with van der Waals surface area (Å²) in [6.07, 6.45) is 2.98. The number of hydrogen-bond donors (Lipinski definition) is 1. The second-order valence-corrected chi connectivity index (χ2v) is 6.78. The second kappa shape index (κ2) is 5.72. The van der Waals surface area contributed by atoms with Crippen LogP contribution in [0.25, 0.3) is 11.2 Å². The molecule has 7 nitrogen and oxygen atoms in total. The van der Waals surface area contributed by atoms with E-state index >= 15 is 0 Å². The number of carbonyl (C=O) groups is 1. The van der Waals surface area contributed by atoms with Crippen LogP contribution in [0.15, 0.2) is 18.3 Å². The smallest absolute Gasteiger partial charge is 0.407 e. The highest BCUT2D eigenvalue weighted by Gasteiger charge is 2.35. The third-order valence-electron chi connectivity index (χ3n) is 3.80. The number of nitrogens with zero attached hydrogens (tertiary/aromatic N) is 3. The van der Waals surface area contributed by atoms with Gasteiger partial charge in [-0.15, -0.1) is 0 Å². The van der Waals surface area contributed by atoms with E-state index in [2.05, 4.69) is 15.3 Å². The molecule has 0 spiro atoms. The number of amides is 1. The van der Waals surface area contributed by atoms with Crippen molar-refractivity contribution in [3.63, 3.8) is 0 Å². The van der Waals surface area contributed by atoms with Crippen molar-refractivity contribution >= 4 is 17.3 Å². The molecule has 2 heterocycles. The summed E-state index contributed by atoms with van der Waals surface area (Å²) in [5, 5.41) is 2.89. The van der Waals surface area contributed by atoms with Gasteiger partial charge in [0.1, 0.15) is 11.1 Å². The molecule has 0 radical (unpaired) electrons. The van der Waals surface area contributed by atoms with Gasteiger partial charge in [-0.2, -0.15) is 4.98 Å². The fourth-order valence-electron chi connectivity index (χ4n) is 2.77. The maximum atomic E-state index is 11.8. The van der Waals surface area contributed by atoms with Crippen LogP contribution < -0.4 is 10.1 Å². The van der Waals surface area contributed by atoms with Crippen LogP contribution in [-0.4, -0.2) is 39.4 Å². The predicted octanol–water partition coefficient (Wildman–Crippen LogP) is 2.67. The summed E-state index contributed by atoms with van der Waals surface area (Å²) in [5.41, 5.74) is 1.14. The van der Waals surface area contributed by atoms with Gasteiger partial charge in [0.05, 0.1) is 7.11 Å². The van der Waals surface area contributed by atoms with E-state index in [-0.39, 0.29) is 18.2 Å². The van der Waals surface area contributed by atoms with Crippen molar-refractivity contribution < 1.29 is 14.3 Å². The van der Waals surface area contributed by atoms with E-state index in [1.54, 1.807) is 13.3 Å². The number of rotatable bonds is 3. The van der Waals surface area contributed by atoms with Crippen LogP contribution in [-0.2, 0) is 4.74 Å². The summed E-state index contributed by atoms with van der Waals surface area (Å²) >= 11 is 0. The molecule has 124 valence electrons. The van der Waals surface area contributed by atoms with Crippen LogP contribution in [0.5, 0.6) is 6.01 Å². The van der Waals surface area contributed by atoms with Gasteiger partial charge < -0.3 is 14.8 Å². The molecule has 3 rings (SSSR count). The van der Waals surface area contributed by atoms with Crippen LogP contribution >= 0.6 is 0 Å². The first-order valence-corrected chi connectivity index (χ1v) is 7.74. The van der Waals surface area contributed by atoms with Gasteiger partial charge in [-0.3, -0.25) is 4.57 Å². The van der Waals surface area contributed by atoms with E-state index < -0.39 is 5.60 Å². The van der Waals surface area contributed by atoms with Gasteiger partial charge >= 0.3 is 6.09 Å². The average Bonchev–Trinajstić information content (AvgIpc) is 2.78. The quantitative estimate of drug-likeness (QED) is 0.941. The lowest BCUT2D eigenvalue weighted by molar-refractivity contribution is 0.0455. The maximum Gasteiger partial charge on any atom is 0.407 e. The van der Waals surface area contributed by atoms with Gasteiger partial charge in [-0.25, -0.2) is 9.78 Å². The largest absolute Gasteiger partial charge is 0.468 e. The molecule has 1 saturated carbocycles. The monoisotopic (exact) mass is 318 g/mol. The van der Waals surface area contributed by atoms with E-state index in [4.69, 9.17) is 9.47 Å². The molecule has 0 atom stereocenters. The summed E-state index contributed by atoms with van der Waals surface area (Å²) in [7, 11) is 1.60. The van der Waals surface area contributed by atoms with Gasteiger partial charge in [0.25, 0.3) is 6.01 Å². The van der Waals surface area contributed by atoms with Crippen molar-refractivity contribution in [3.8, 4) is 6.01 Å². The lowest BCUT2D eigenvalue weighted by Gasteiger charge is -2.37. The Kier molecular flexibility index (Phi) is 3.87. The Bertz CT molecular complexity index is 714. The number of alkyl carbamates (subject to hydrolysis) is 1. The van der Waals surface area contributed by atoms with Crippen molar-refractivity contribution in [3.05, 3.63) is 18.3 Å². The SMILES string of the molecule is COc1nc2cccnc2n1C1CC(NC(=O)OC(C)(C)C)C1. The summed E-state index contributed by atoms with van der Waals surface area (Å²) in [5.74, 6) is 0. The molecule has 23 heavy (non-hydrogen) atoms. The van der Waals surface area contributed by atoms with E-state index in [0.29, 0.717) is 6.01 Å². The van der Waals surface area contributed by atoms with E-state index in [1.165, 1.54) is 0 Å². The molecular weight excluding hydrogens is 296 g/mol. The van der Waals surface area contributed by atoms with Gasteiger partial charge in [0.15, 0.2) is 5.65 Å². The number of pyridine rings is 1. The number of fused-ring (bicyclic) bond motifs is 1. The summed E-state index contributed by atoms with van der Waals surface area (Å²) in [6.45, 7) is 5.55. The molecule has 2 aromatic heterocycles. The molecule has 1 aliphatic rings. The van der Waals surface area contributed by atoms with Crippen LogP contribution in [0.2, 0.25) is 0 Å². The predicted molar refractivity (Wildman–Crippen MR) is 85.5 cm³/mol. The number of methoxy groups -OCH3 is 1. The molecule has 1 fully saturated rings. The third kappa shape index (κ3) is 3.23. The minimum atomic E-state index is -0.485. The van der Waals surface area contributed by atoms with Crippen molar-refractivity contribution in [2.24, 2.45) is 0 Å². The molecular formula is C16H22N4O3. The van der Waals surface area contributed by atoms with Gasteiger partial charge in [-0.05, 0) is 45.7 Å². The number of ether oxygens (including phenoxy) is 2. The first-order chi connectivity index (χ1) is 10.9. The van der Waals surface area contributed by atoms with Crippen molar-refractivity contribution in [1.82, 2.24) is 19.9 Å². The molecule has 0 saturated heterocycles. The highest BCUT2D eigenvalue weighted by molar-refractivity contribution is 5.72. The van der Waals surface area contributed by atoms with Crippen molar-refractivity contribution in [1.29, 1.82) is 0 Å². The number of aromatic nitrogens is 3. The minimum absolute atomic E-state index is 0.0979. The van der Waals surface area contributed by atoms with E-state index in [9.17, 15) is 4.79 Å². The summed E-state index contributed by atoms with van der Waals surface area (Å²) in [4.78, 5) is 20.6. The fourth-order valence-corrected chi connectivity index (χ4v) is 2.77. The Balaban J connectivity index is 1.67. The zero-order valence-corrected chi connectivity index (χ0v) is 13.9. The number of hydrogen-bond acceptors (Lipinski definition) is 5. The Labute approximate surface area is 135 Å². The Morgan fingerprint density at radius 1 is 1.39 bits per heavy atom. The topological polar surface area (TPSA) is 78.3 Å². The number of imidazole rings is 1. The molecule has 2 aromatic rings. The van der Waals surface area contributed by atoms with Crippen LogP contribution in [0.4, 0.5) is 4.79 Å². The second-order valence-electron chi connectivity index (χ2n) is 6.78. The van der Waals surface area contributed by atoms with Crippen LogP contribution in [0, 0.1) is 0 Å². The standard InChI is InChI=1S/C16H22N4O3/c1-16(2,3)23-15(21)18-10-8-11(9-10)20-13-12(6-5-7-17-13)19-14(20)22-4/h5-7,10-11H,8-9H2,1-4H3,(H,18,21). The molecule has 1 aliphatic carbocycles. The highest BCUT2D eigenvalue weighted by atomic mass is 16.6. The lowest BCUT2D eigenvalue weighted by atomic mass is 9.86. The van der Waals surface area contributed by atoms with Gasteiger partial charge in [0.2, 0.25) is 0 Å². The first kappa shape index (κ1) is 15.6. The molecule has 7 heteroatoms. The van der Waals surface area contributed by atoms with E-state index in [0.717, 1.165) is 24.0 Å². The van der Waals surface area contributed by atoms with Crippen molar-refractivity contribution in [2.45, 2.75) is 51.3 Å². The van der Waals surface area contributed by atoms with Gasteiger partial charge in [-0.1, -0.05) is 0 Å². The molecule has 0 bridgehead atoms. The summed E-state index contributed by atoms with van der Waals surface area (Å²) in [6, 6.07) is 4.63. The fraction of sp³-hybridized carbons (Fsp3) is 0.562. The third-order valence-corrected chi connectivity index (χ3v) is 3.80. The highest BCUT2D eigenvalue weighted by Crippen LogP contribution is 2.37. The van der Waals surface area contributed by atoms with Gasteiger partial charge in [0, 0.05) is 18.3 Å². The normalized spacial score (nSPS) is 20.9. The molecule has 1 amide bonds. The van der Waals surface area contributed by atoms with E-state index in [1.807, 2.05) is 37.5 Å².